The second kappa shape index (κ2) is 10.7. The Morgan fingerprint density at radius 3 is 2.48 bits per heavy atom. The second-order valence-corrected chi connectivity index (χ2v) is 8.60. The van der Waals surface area contributed by atoms with Crippen LogP contribution in [0.2, 0.25) is 0 Å². The standard InChI is InChI=1S/C27H36N2O2/c1-3-5-18-31-24-10-11-27-25(19-24)26(20-28-27)22-13-16-29(17-14-22)15-12-21-6-8-23(9-7-21)30-4-2/h6-11,19-20,22,28H,3-5,12-18H2,1-2H3. The van der Waals surface area contributed by atoms with E-state index in [0.717, 1.165) is 50.5 Å². The van der Waals surface area contributed by atoms with Gasteiger partial charge >= 0.3 is 0 Å². The molecule has 0 radical (unpaired) electrons. The summed E-state index contributed by atoms with van der Waals surface area (Å²) in [5, 5.41) is 1.34. The number of piperidine rings is 1. The lowest BCUT2D eigenvalue weighted by Crippen LogP contribution is -2.34. The maximum Gasteiger partial charge on any atom is 0.120 e. The summed E-state index contributed by atoms with van der Waals surface area (Å²) in [4.78, 5) is 6.08. The van der Waals surface area contributed by atoms with E-state index < -0.39 is 0 Å². The van der Waals surface area contributed by atoms with Crippen LogP contribution in [-0.4, -0.2) is 42.7 Å². The molecule has 1 N–H and O–H groups in total. The number of likely N-dealkylation sites (tertiary alicyclic amines) is 1. The van der Waals surface area contributed by atoms with Gasteiger partial charge in [-0.15, -0.1) is 0 Å². The van der Waals surface area contributed by atoms with Crippen molar-refractivity contribution in [2.75, 3.05) is 32.8 Å². The number of nitrogens with zero attached hydrogens (tertiary/aromatic N) is 1. The van der Waals surface area contributed by atoms with E-state index >= 15 is 0 Å². The molecule has 0 unspecified atom stereocenters. The molecule has 1 aliphatic rings. The summed E-state index contributed by atoms with van der Waals surface area (Å²) < 4.78 is 11.5. The zero-order valence-electron chi connectivity index (χ0n) is 19.0. The minimum Gasteiger partial charge on any atom is -0.494 e. The van der Waals surface area contributed by atoms with Crippen molar-refractivity contribution in [3.63, 3.8) is 0 Å². The Morgan fingerprint density at radius 1 is 0.968 bits per heavy atom. The largest absolute Gasteiger partial charge is 0.494 e. The van der Waals surface area contributed by atoms with Crippen molar-refractivity contribution in [2.24, 2.45) is 0 Å². The predicted molar refractivity (Wildman–Crippen MR) is 128 cm³/mol. The van der Waals surface area contributed by atoms with Crippen LogP contribution in [0.1, 0.15) is 56.6 Å². The van der Waals surface area contributed by atoms with Gasteiger partial charge in [0.25, 0.3) is 0 Å². The van der Waals surface area contributed by atoms with Crippen LogP contribution in [0.15, 0.2) is 48.7 Å². The molecule has 1 aliphatic heterocycles. The van der Waals surface area contributed by atoms with Crippen LogP contribution in [0.4, 0.5) is 0 Å². The second-order valence-electron chi connectivity index (χ2n) is 8.60. The number of nitrogens with one attached hydrogen (secondary N) is 1. The summed E-state index contributed by atoms with van der Waals surface area (Å²) in [5.41, 5.74) is 4.07. The van der Waals surface area contributed by atoms with E-state index in [1.54, 1.807) is 0 Å². The SMILES string of the molecule is CCCCOc1ccc2[nH]cc(C3CCN(CCc4ccc(OCC)cc4)CC3)c2c1. The van der Waals surface area contributed by atoms with Gasteiger partial charge in [-0.25, -0.2) is 0 Å². The molecule has 2 heterocycles. The Balaban J connectivity index is 1.31. The fraction of sp³-hybridized carbons (Fsp3) is 0.481. The number of aromatic nitrogens is 1. The van der Waals surface area contributed by atoms with Gasteiger partial charge in [0.05, 0.1) is 13.2 Å². The van der Waals surface area contributed by atoms with E-state index in [1.165, 1.54) is 48.0 Å². The number of aromatic amines is 1. The third kappa shape index (κ3) is 5.62. The van der Waals surface area contributed by atoms with Crippen LogP contribution in [-0.2, 0) is 6.42 Å². The number of unbranched alkanes of at least 4 members (excludes halogenated alkanes) is 1. The van der Waals surface area contributed by atoms with Crippen molar-refractivity contribution in [1.29, 1.82) is 0 Å². The molecular weight excluding hydrogens is 384 g/mol. The number of H-pyrrole nitrogens is 1. The third-order valence-electron chi connectivity index (χ3n) is 6.43. The Hall–Kier alpha value is -2.46. The van der Waals surface area contributed by atoms with E-state index in [-0.39, 0.29) is 0 Å². The van der Waals surface area contributed by atoms with E-state index in [1.807, 2.05) is 6.92 Å². The van der Waals surface area contributed by atoms with Gasteiger partial charge in [-0.3, -0.25) is 0 Å². The van der Waals surface area contributed by atoms with E-state index in [0.29, 0.717) is 5.92 Å². The molecule has 4 nitrogen and oxygen atoms in total. The van der Waals surface area contributed by atoms with E-state index in [4.69, 9.17) is 9.47 Å². The van der Waals surface area contributed by atoms with Gasteiger partial charge in [0.15, 0.2) is 0 Å². The van der Waals surface area contributed by atoms with Crippen LogP contribution in [0.3, 0.4) is 0 Å². The van der Waals surface area contributed by atoms with Crippen molar-refractivity contribution < 1.29 is 9.47 Å². The average Bonchev–Trinajstić information content (AvgIpc) is 3.23. The first-order valence-corrected chi connectivity index (χ1v) is 11.9. The number of ether oxygens (including phenoxy) is 2. The Kier molecular flexibility index (Phi) is 7.52. The predicted octanol–water partition coefficient (Wildman–Crippen LogP) is 6.17. The summed E-state index contributed by atoms with van der Waals surface area (Å²) in [6, 6.07) is 15.0. The first-order valence-electron chi connectivity index (χ1n) is 11.9. The van der Waals surface area contributed by atoms with Crippen molar-refractivity contribution >= 4 is 10.9 Å². The summed E-state index contributed by atoms with van der Waals surface area (Å²) in [6.07, 6.45) is 8.03. The molecule has 4 heteroatoms. The van der Waals surface area contributed by atoms with Crippen LogP contribution < -0.4 is 9.47 Å². The highest BCUT2D eigenvalue weighted by atomic mass is 16.5. The highest BCUT2D eigenvalue weighted by molar-refractivity contribution is 5.85. The molecule has 0 saturated carbocycles. The van der Waals surface area contributed by atoms with Crippen LogP contribution in [0.25, 0.3) is 10.9 Å². The third-order valence-corrected chi connectivity index (χ3v) is 6.43. The normalized spacial score (nSPS) is 15.4. The van der Waals surface area contributed by atoms with Gasteiger partial charge in [-0.2, -0.15) is 0 Å². The van der Waals surface area contributed by atoms with Gasteiger partial charge in [0, 0.05) is 23.6 Å². The van der Waals surface area contributed by atoms with Crippen molar-refractivity contribution in [1.82, 2.24) is 9.88 Å². The first-order chi connectivity index (χ1) is 15.3. The number of rotatable bonds is 10. The summed E-state index contributed by atoms with van der Waals surface area (Å²) in [7, 11) is 0. The number of benzene rings is 2. The molecule has 0 aliphatic carbocycles. The van der Waals surface area contributed by atoms with Crippen LogP contribution >= 0.6 is 0 Å². The molecular formula is C27H36N2O2. The van der Waals surface area contributed by atoms with Crippen LogP contribution in [0, 0.1) is 0 Å². The van der Waals surface area contributed by atoms with Crippen molar-refractivity contribution in [3.05, 3.63) is 59.8 Å². The molecule has 31 heavy (non-hydrogen) atoms. The molecule has 0 atom stereocenters. The van der Waals surface area contributed by atoms with Crippen molar-refractivity contribution in [2.45, 2.75) is 51.9 Å². The molecule has 2 aromatic carbocycles. The number of hydrogen-bond donors (Lipinski definition) is 1. The minimum absolute atomic E-state index is 0.626. The highest BCUT2D eigenvalue weighted by Gasteiger charge is 2.23. The lowest BCUT2D eigenvalue weighted by atomic mass is 9.89. The van der Waals surface area contributed by atoms with Gasteiger partial charge in [0.2, 0.25) is 0 Å². The minimum atomic E-state index is 0.626. The van der Waals surface area contributed by atoms with Crippen molar-refractivity contribution in [3.8, 4) is 11.5 Å². The Labute approximate surface area is 186 Å². The summed E-state index contributed by atoms with van der Waals surface area (Å²) in [5.74, 6) is 2.58. The summed E-state index contributed by atoms with van der Waals surface area (Å²) >= 11 is 0. The fourth-order valence-electron chi connectivity index (χ4n) is 4.56. The smallest absolute Gasteiger partial charge is 0.120 e. The molecule has 166 valence electrons. The highest BCUT2D eigenvalue weighted by Crippen LogP contribution is 2.34. The first kappa shape index (κ1) is 21.8. The molecule has 0 amide bonds. The maximum atomic E-state index is 5.95. The fourth-order valence-corrected chi connectivity index (χ4v) is 4.56. The average molecular weight is 421 g/mol. The van der Waals surface area contributed by atoms with Gasteiger partial charge < -0.3 is 19.4 Å². The zero-order valence-corrected chi connectivity index (χ0v) is 19.0. The molecule has 4 rings (SSSR count). The quantitative estimate of drug-likeness (QED) is 0.399. The lowest BCUT2D eigenvalue weighted by Gasteiger charge is -2.32. The molecule has 1 aromatic heterocycles. The van der Waals surface area contributed by atoms with Crippen LogP contribution in [0.5, 0.6) is 11.5 Å². The molecule has 3 aromatic rings. The van der Waals surface area contributed by atoms with Gasteiger partial charge in [-0.1, -0.05) is 25.5 Å². The zero-order chi connectivity index (χ0) is 21.5. The Morgan fingerprint density at radius 2 is 1.74 bits per heavy atom. The Bertz CT molecular complexity index is 940. The van der Waals surface area contributed by atoms with E-state index in [9.17, 15) is 0 Å². The molecule has 1 saturated heterocycles. The summed E-state index contributed by atoms with van der Waals surface area (Å²) in [6.45, 7) is 9.20. The number of fused-ring (bicyclic) bond motifs is 1. The van der Waals surface area contributed by atoms with E-state index in [2.05, 4.69) is 65.5 Å². The molecule has 0 spiro atoms. The maximum absolute atomic E-state index is 5.95. The van der Waals surface area contributed by atoms with Gasteiger partial charge in [-0.05, 0) is 93.1 Å². The molecule has 1 fully saturated rings. The van der Waals surface area contributed by atoms with Gasteiger partial charge in [0.1, 0.15) is 11.5 Å². The molecule has 0 bridgehead atoms. The topological polar surface area (TPSA) is 37.5 Å². The number of hydrogen-bond acceptors (Lipinski definition) is 3. The monoisotopic (exact) mass is 420 g/mol. The lowest BCUT2D eigenvalue weighted by molar-refractivity contribution is 0.215.